The van der Waals surface area contributed by atoms with Crippen LogP contribution in [0.4, 0.5) is 0 Å². The lowest BCUT2D eigenvalue weighted by Crippen LogP contribution is -2.52. The van der Waals surface area contributed by atoms with Crippen LogP contribution in [0.3, 0.4) is 0 Å². The lowest BCUT2D eigenvalue weighted by atomic mass is 9.48. The van der Waals surface area contributed by atoms with E-state index in [4.69, 9.17) is 4.74 Å². The lowest BCUT2D eigenvalue weighted by Gasteiger charge is -2.55. The molecule has 0 spiro atoms. The number of Topliss-reactive ketones (excluding diaryl/α,β-unsaturated/α-hetero) is 1. The first-order valence-corrected chi connectivity index (χ1v) is 12.1. The van der Waals surface area contributed by atoms with Crippen molar-refractivity contribution in [3.05, 3.63) is 12.2 Å². The van der Waals surface area contributed by atoms with Crippen LogP contribution in [0.5, 0.6) is 0 Å². The van der Waals surface area contributed by atoms with E-state index in [2.05, 4.69) is 6.58 Å². The molecule has 1 heterocycles. The summed E-state index contributed by atoms with van der Waals surface area (Å²) >= 11 is 0. The van der Waals surface area contributed by atoms with Crippen LogP contribution in [0.2, 0.25) is 0 Å². The molecular formula is C22H33O3S+. The van der Waals surface area contributed by atoms with Crippen molar-refractivity contribution in [1.82, 2.24) is 0 Å². The van der Waals surface area contributed by atoms with Crippen molar-refractivity contribution < 1.29 is 14.3 Å². The number of hydrogen-bond acceptors (Lipinski definition) is 3. The Morgan fingerprint density at radius 3 is 2.00 bits per heavy atom. The number of carbonyl (C=O) groups is 2. The maximum absolute atomic E-state index is 13.3. The molecule has 0 unspecified atom stereocenters. The average molecular weight is 378 g/mol. The highest BCUT2D eigenvalue weighted by Gasteiger charge is 2.55. The summed E-state index contributed by atoms with van der Waals surface area (Å²) in [6, 6.07) is 0. The van der Waals surface area contributed by atoms with Crippen molar-refractivity contribution in [2.24, 2.45) is 23.2 Å². The van der Waals surface area contributed by atoms with E-state index in [0.717, 1.165) is 47.9 Å². The minimum atomic E-state index is -0.372. The van der Waals surface area contributed by atoms with Crippen LogP contribution < -0.4 is 0 Å². The van der Waals surface area contributed by atoms with E-state index < -0.39 is 0 Å². The van der Waals surface area contributed by atoms with E-state index in [9.17, 15) is 9.59 Å². The number of rotatable bonds is 5. The molecule has 144 valence electrons. The molecule has 5 fully saturated rings. The maximum atomic E-state index is 13.3. The first-order valence-electron chi connectivity index (χ1n) is 10.3. The molecule has 4 saturated carbocycles. The molecule has 0 aromatic rings. The van der Waals surface area contributed by atoms with Crippen LogP contribution >= 0.6 is 0 Å². The Labute approximate surface area is 160 Å². The van der Waals surface area contributed by atoms with Crippen LogP contribution in [0.15, 0.2) is 12.2 Å². The third kappa shape index (κ3) is 3.50. The summed E-state index contributed by atoms with van der Waals surface area (Å²) in [5.41, 5.74) is 0.144. The monoisotopic (exact) mass is 377 g/mol. The molecule has 1 aliphatic heterocycles. The van der Waals surface area contributed by atoms with Crippen LogP contribution in [0.1, 0.15) is 65.2 Å². The Morgan fingerprint density at radius 2 is 1.54 bits per heavy atom. The van der Waals surface area contributed by atoms with Gasteiger partial charge in [-0.25, -0.2) is 4.79 Å². The highest BCUT2D eigenvalue weighted by molar-refractivity contribution is 7.97. The molecule has 0 aromatic heterocycles. The molecule has 4 heteroatoms. The highest BCUT2D eigenvalue weighted by Crippen LogP contribution is 2.60. The molecule has 26 heavy (non-hydrogen) atoms. The number of ether oxygens (including phenoxy) is 1. The van der Waals surface area contributed by atoms with Crippen molar-refractivity contribution in [2.75, 3.05) is 17.3 Å². The standard InChI is InChI=1S/C22H33O3S/c1-15(2)20(24)25-21(3)4-6-26(7-5-21)14-19(23)22-11-16-8-17(12-22)10-18(9-16)13-22/h16-18H,1,4-14H2,2-3H3/q+1. The normalized spacial score (nSPS) is 43.9. The van der Waals surface area contributed by atoms with Gasteiger partial charge in [0.2, 0.25) is 0 Å². The third-order valence-corrected chi connectivity index (χ3v) is 9.73. The number of ketones is 1. The Hall–Kier alpha value is -0.770. The van der Waals surface area contributed by atoms with Crippen LogP contribution in [0, 0.1) is 23.2 Å². The second kappa shape index (κ2) is 6.68. The second-order valence-electron chi connectivity index (χ2n) is 9.91. The van der Waals surface area contributed by atoms with Crippen LogP contribution in [0.25, 0.3) is 0 Å². The van der Waals surface area contributed by atoms with Crippen LogP contribution in [-0.4, -0.2) is 34.6 Å². The first-order chi connectivity index (χ1) is 12.3. The fraction of sp³-hybridized carbons (Fsp3) is 0.818. The largest absolute Gasteiger partial charge is 0.456 e. The number of esters is 1. The van der Waals surface area contributed by atoms with Gasteiger partial charge in [-0.1, -0.05) is 6.58 Å². The topological polar surface area (TPSA) is 43.4 Å². The van der Waals surface area contributed by atoms with Gasteiger partial charge in [-0.2, -0.15) is 0 Å². The van der Waals surface area contributed by atoms with Gasteiger partial charge in [0.05, 0.1) is 0 Å². The molecule has 1 saturated heterocycles. The maximum Gasteiger partial charge on any atom is 0.333 e. The molecule has 5 rings (SSSR count). The predicted octanol–water partition coefficient (Wildman–Crippen LogP) is 4.06. The van der Waals surface area contributed by atoms with E-state index in [1.165, 1.54) is 38.5 Å². The van der Waals surface area contributed by atoms with Crippen LogP contribution in [-0.2, 0) is 25.2 Å². The highest BCUT2D eigenvalue weighted by atomic mass is 32.2. The van der Waals surface area contributed by atoms with Gasteiger partial charge in [0.1, 0.15) is 17.1 Å². The Bertz CT molecular complexity index is 580. The summed E-state index contributed by atoms with van der Waals surface area (Å²) in [4.78, 5) is 25.2. The average Bonchev–Trinajstić information content (AvgIpc) is 2.55. The Morgan fingerprint density at radius 1 is 1.04 bits per heavy atom. The van der Waals surface area contributed by atoms with E-state index in [1.807, 2.05) is 6.92 Å². The smallest absolute Gasteiger partial charge is 0.333 e. The second-order valence-corrected chi connectivity index (χ2v) is 12.2. The van der Waals surface area contributed by atoms with Gasteiger partial charge in [0.15, 0.2) is 11.5 Å². The fourth-order valence-electron chi connectivity index (χ4n) is 6.30. The molecule has 0 N–H and O–H groups in total. The molecule has 3 nitrogen and oxygen atoms in total. The minimum absolute atomic E-state index is 0.0505. The summed E-state index contributed by atoms with van der Waals surface area (Å²) in [5, 5.41) is 0. The van der Waals surface area contributed by atoms with E-state index in [-0.39, 0.29) is 27.9 Å². The van der Waals surface area contributed by atoms with Crippen molar-refractivity contribution in [1.29, 1.82) is 0 Å². The Kier molecular flexibility index (Phi) is 4.78. The minimum Gasteiger partial charge on any atom is -0.456 e. The summed E-state index contributed by atoms with van der Waals surface area (Å²) < 4.78 is 5.67. The van der Waals surface area contributed by atoms with Gasteiger partial charge in [0, 0.05) is 23.8 Å². The van der Waals surface area contributed by atoms with E-state index in [1.54, 1.807) is 6.92 Å². The van der Waals surface area contributed by atoms with Gasteiger partial charge in [-0.05, 0) is 81.0 Å². The summed E-state index contributed by atoms with van der Waals surface area (Å²) in [6.07, 6.45) is 9.49. The molecule has 0 amide bonds. The summed E-state index contributed by atoms with van der Waals surface area (Å²) in [7, 11) is 0.177. The van der Waals surface area contributed by atoms with Gasteiger partial charge in [-0.15, -0.1) is 0 Å². The lowest BCUT2D eigenvalue weighted by molar-refractivity contribution is -0.153. The van der Waals surface area contributed by atoms with Crippen molar-refractivity contribution in [2.45, 2.75) is 70.8 Å². The van der Waals surface area contributed by atoms with Crippen molar-refractivity contribution in [3.63, 3.8) is 0 Å². The molecule has 4 aliphatic carbocycles. The zero-order chi connectivity index (χ0) is 18.5. The van der Waals surface area contributed by atoms with Gasteiger partial charge in [0.25, 0.3) is 0 Å². The SMILES string of the molecule is C=C(C)C(=O)OC1(C)CC[S+](CC(=O)C23CC4CC(CC(C4)C2)C3)CC1. The van der Waals surface area contributed by atoms with Gasteiger partial charge < -0.3 is 4.74 Å². The molecule has 4 bridgehead atoms. The molecule has 0 radical (unpaired) electrons. The van der Waals surface area contributed by atoms with Gasteiger partial charge >= 0.3 is 5.97 Å². The molecule has 0 aromatic carbocycles. The van der Waals surface area contributed by atoms with Crippen molar-refractivity contribution >= 4 is 22.6 Å². The Balaban J connectivity index is 1.33. The zero-order valence-corrected chi connectivity index (χ0v) is 17.2. The van der Waals surface area contributed by atoms with E-state index >= 15 is 0 Å². The zero-order valence-electron chi connectivity index (χ0n) is 16.4. The molecule has 0 atom stereocenters. The van der Waals surface area contributed by atoms with Crippen molar-refractivity contribution in [3.8, 4) is 0 Å². The third-order valence-electron chi connectivity index (χ3n) is 7.49. The predicted molar refractivity (Wildman–Crippen MR) is 106 cm³/mol. The molecule has 5 aliphatic rings. The summed E-state index contributed by atoms with van der Waals surface area (Å²) in [5.74, 6) is 5.66. The fourth-order valence-corrected chi connectivity index (χ4v) is 8.91. The number of hydrogen-bond donors (Lipinski definition) is 0. The quantitative estimate of drug-likeness (QED) is 0.412. The first kappa shape index (κ1) is 18.6. The van der Waals surface area contributed by atoms with Gasteiger partial charge in [-0.3, -0.25) is 4.79 Å². The summed E-state index contributed by atoms with van der Waals surface area (Å²) in [6.45, 7) is 7.41. The number of carbonyl (C=O) groups excluding carboxylic acids is 2. The van der Waals surface area contributed by atoms with E-state index in [0.29, 0.717) is 11.4 Å². The molecular weight excluding hydrogens is 344 g/mol.